The van der Waals surface area contributed by atoms with Crippen LogP contribution in [0.4, 0.5) is 0 Å². The van der Waals surface area contributed by atoms with E-state index in [1.807, 2.05) is 43.3 Å². The van der Waals surface area contributed by atoms with Crippen LogP contribution in [0.25, 0.3) is 10.8 Å². The number of hydrogen-bond acceptors (Lipinski definition) is 2. The number of amides is 1. The first kappa shape index (κ1) is 17.0. The molecule has 0 radical (unpaired) electrons. The Hall–Kier alpha value is -2.81. The molecule has 0 saturated carbocycles. The van der Waals surface area contributed by atoms with Gasteiger partial charge in [-0.15, -0.1) is 0 Å². The second kappa shape index (κ2) is 7.84. The number of nitrogens with one attached hydrogen (secondary N) is 1. The molecule has 0 unspecified atom stereocenters. The highest BCUT2D eigenvalue weighted by Crippen LogP contribution is 2.20. The Kier molecular flexibility index (Phi) is 5.34. The minimum Gasteiger partial charge on any atom is -0.496 e. The standard InChI is InChI=1S/C22H23NO2/c1-16-10-11-17(14-21(16)25-2)12-13-23-22(24)15-19-8-5-7-18-6-3-4-9-20(18)19/h3-11,14H,12-13,15H2,1-2H3,(H,23,24). The van der Waals surface area contributed by atoms with Gasteiger partial charge in [-0.05, 0) is 46.9 Å². The normalized spacial score (nSPS) is 10.6. The molecule has 0 bridgehead atoms. The highest BCUT2D eigenvalue weighted by molar-refractivity contribution is 5.90. The predicted octanol–water partition coefficient (Wildman–Crippen LogP) is 4.06. The lowest BCUT2D eigenvalue weighted by Gasteiger charge is -2.10. The number of hydrogen-bond donors (Lipinski definition) is 1. The molecule has 0 fully saturated rings. The molecule has 3 aromatic carbocycles. The summed E-state index contributed by atoms with van der Waals surface area (Å²) in [4.78, 5) is 12.3. The molecule has 0 aliphatic rings. The number of benzene rings is 3. The SMILES string of the molecule is COc1cc(CCNC(=O)Cc2cccc3ccccc23)ccc1C. The van der Waals surface area contributed by atoms with Crippen molar-refractivity contribution < 1.29 is 9.53 Å². The molecular weight excluding hydrogens is 310 g/mol. The first-order valence-corrected chi connectivity index (χ1v) is 8.54. The summed E-state index contributed by atoms with van der Waals surface area (Å²) in [6.45, 7) is 2.64. The summed E-state index contributed by atoms with van der Waals surface area (Å²) in [6.07, 6.45) is 1.19. The van der Waals surface area contributed by atoms with Crippen molar-refractivity contribution in [1.29, 1.82) is 0 Å². The monoisotopic (exact) mass is 333 g/mol. The van der Waals surface area contributed by atoms with E-state index in [2.05, 4.69) is 29.6 Å². The van der Waals surface area contributed by atoms with Gasteiger partial charge in [0.15, 0.2) is 0 Å². The van der Waals surface area contributed by atoms with Gasteiger partial charge in [0.2, 0.25) is 5.91 Å². The van der Waals surface area contributed by atoms with Crippen LogP contribution in [0.5, 0.6) is 5.75 Å². The van der Waals surface area contributed by atoms with Crippen molar-refractivity contribution in [2.75, 3.05) is 13.7 Å². The van der Waals surface area contributed by atoms with E-state index >= 15 is 0 Å². The van der Waals surface area contributed by atoms with Gasteiger partial charge in [-0.25, -0.2) is 0 Å². The van der Waals surface area contributed by atoms with E-state index in [1.54, 1.807) is 7.11 Å². The fourth-order valence-corrected chi connectivity index (χ4v) is 3.05. The van der Waals surface area contributed by atoms with E-state index in [4.69, 9.17) is 4.74 Å². The van der Waals surface area contributed by atoms with Crippen LogP contribution < -0.4 is 10.1 Å². The first-order valence-electron chi connectivity index (χ1n) is 8.54. The molecule has 3 rings (SSSR count). The number of aryl methyl sites for hydroxylation is 1. The van der Waals surface area contributed by atoms with Gasteiger partial charge in [0.25, 0.3) is 0 Å². The van der Waals surface area contributed by atoms with Crippen molar-refractivity contribution in [3.05, 3.63) is 77.4 Å². The molecule has 0 heterocycles. The van der Waals surface area contributed by atoms with E-state index in [9.17, 15) is 4.79 Å². The molecule has 3 heteroatoms. The van der Waals surface area contributed by atoms with Crippen molar-refractivity contribution >= 4 is 16.7 Å². The van der Waals surface area contributed by atoms with Gasteiger partial charge in [-0.2, -0.15) is 0 Å². The van der Waals surface area contributed by atoms with E-state index in [-0.39, 0.29) is 5.91 Å². The molecule has 0 aliphatic carbocycles. The summed E-state index contributed by atoms with van der Waals surface area (Å²) in [5.74, 6) is 0.940. The van der Waals surface area contributed by atoms with Crippen molar-refractivity contribution in [1.82, 2.24) is 5.32 Å². The van der Waals surface area contributed by atoms with Crippen LogP contribution in [0.2, 0.25) is 0 Å². The molecule has 3 nitrogen and oxygen atoms in total. The van der Waals surface area contributed by atoms with E-state index in [0.29, 0.717) is 13.0 Å². The summed E-state index contributed by atoms with van der Waals surface area (Å²) >= 11 is 0. The van der Waals surface area contributed by atoms with E-state index in [0.717, 1.165) is 34.2 Å². The third-order valence-corrected chi connectivity index (χ3v) is 4.44. The van der Waals surface area contributed by atoms with Crippen molar-refractivity contribution in [2.45, 2.75) is 19.8 Å². The summed E-state index contributed by atoms with van der Waals surface area (Å²) in [5.41, 5.74) is 3.34. The Morgan fingerprint density at radius 3 is 2.68 bits per heavy atom. The maximum atomic E-state index is 12.3. The molecule has 25 heavy (non-hydrogen) atoms. The van der Waals surface area contributed by atoms with Gasteiger partial charge in [-0.3, -0.25) is 4.79 Å². The lowest BCUT2D eigenvalue weighted by molar-refractivity contribution is -0.120. The molecule has 0 spiro atoms. The third-order valence-electron chi connectivity index (χ3n) is 4.44. The Bertz CT molecular complexity index is 881. The summed E-state index contributed by atoms with van der Waals surface area (Å²) in [7, 11) is 1.68. The van der Waals surface area contributed by atoms with Gasteiger partial charge in [0.1, 0.15) is 5.75 Å². The Morgan fingerprint density at radius 1 is 1.04 bits per heavy atom. The molecule has 0 saturated heterocycles. The predicted molar refractivity (Wildman–Crippen MR) is 102 cm³/mol. The molecule has 0 aromatic heterocycles. The highest BCUT2D eigenvalue weighted by Gasteiger charge is 2.07. The lowest BCUT2D eigenvalue weighted by atomic mass is 10.0. The minimum absolute atomic E-state index is 0.0513. The van der Waals surface area contributed by atoms with Crippen LogP contribution >= 0.6 is 0 Å². The van der Waals surface area contributed by atoms with Crippen molar-refractivity contribution in [3.63, 3.8) is 0 Å². The first-order chi connectivity index (χ1) is 12.2. The second-order valence-electron chi connectivity index (χ2n) is 6.22. The van der Waals surface area contributed by atoms with Gasteiger partial charge >= 0.3 is 0 Å². The van der Waals surface area contributed by atoms with Gasteiger partial charge < -0.3 is 10.1 Å². The molecule has 1 N–H and O–H groups in total. The number of fused-ring (bicyclic) bond motifs is 1. The number of rotatable bonds is 6. The zero-order valence-corrected chi connectivity index (χ0v) is 14.7. The van der Waals surface area contributed by atoms with E-state index < -0.39 is 0 Å². The Balaban J connectivity index is 1.58. The number of carbonyl (C=O) groups is 1. The Labute approximate surface area is 148 Å². The lowest BCUT2D eigenvalue weighted by Crippen LogP contribution is -2.27. The fraction of sp³-hybridized carbons (Fsp3) is 0.227. The van der Waals surface area contributed by atoms with E-state index in [1.165, 1.54) is 5.39 Å². The molecule has 3 aromatic rings. The van der Waals surface area contributed by atoms with Crippen LogP contribution in [0.15, 0.2) is 60.7 Å². The molecule has 1 amide bonds. The quantitative estimate of drug-likeness (QED) is 0.739. The average Bonchev–Trinajstić information content (AvgIpc) is 2.63. The largest absolute Gasteiger partial charge is 0.496 e. The van der Waals surface area contributed by atoms with Crippen molar-refractivity contribution in [2.24, 2.45) is 0 Å². The second-order valence-corrected chi connectivity index (χ2v) is 6.22. The van der Waals surface area contributed by atoms with Crippen LogP contribution in [0.3, 0.4) is 0 Å². The highest BCUT2D eigenvalue weighted by atomic mass is 16.5. The van der Waals surface area contributed by atoms with Crippen molar-refractivity contribution in [3.8, 4) is 5.75 Å². The minimum atomic E-state index is 0.0513. The van der Waals surface area contributed by atoms with Gasteiger partial charge in [0.05, 0.1) is 13.5 Å². The number of methoxy groups -OCH3 is 1. The number of ether oxygens (including phenoxy) is 1. The summed E-state index contributed by atoms with van der Waals surface area (Å²) in [6, 6.07) is 20.4. The third kappa shape index (κ3) is 4.18. The fourth-order valence-electron chi connectivity index (χ4n) is 3.05. The number of carbonyl (C=O) groups excluding carboxylic acids is 1. The summed E-state index contributed by atoms with van der Waals surface area (Å²) in [5, 5.41) is 5.32. The maximum Gasteiger partial charge on any atom is 0.224 e. The smallest absolute Gasteiger partial charge is 0.224 e. The zero-order valence-electron chi connectivity index (χ0n) is 14.7. The molecule has 0 aliphatic heterocycles. The molecular formula is C22H23NO2. The Morgan fingerprint density at radius 2 is 1.84 bits per heavy atom. The van der Waals surface area contributed by atoms with Crippen LogP contribution in [-0.2, 0) is 17.6 Å². The van der Waals surface area contributed by atoms with Crippen LogP contribution in [-0.4, -0.2) is 19.6 Å². The topological polar surface area (TPSA) is 38.3 Å². The molecule has 0 atom stereocenters. The average molecular weight is 333 g/mol. The van der Waals surface area contributed by atoms with Crippen LogP contribution in [0, 0.1) is 6.92 Å². The zero-order chi connectivity index (χ0) is 17.6. The van der Waals surface area contributed by atoms with Gasteiger partial charge in [-0.1, -0.05) is 54.6 Å². The van der Waals surface area contributed by atoms with Crippen LogP contribution in [0.1, 0.15) is 16.7 Å². The maximum absolute atomic E-state index is 12.3. The van der Waals surface area contributed by atoms with Gasteiger partial charge in [0, 0.05) is 6.54 Å². The molecule has 128 valence electrons. The summed E-state index contributed by atoms with van der Waals surface area (Å²) < 4.78 is 5.35.